The summed E-state index contributed by atoms with van der Waals surface area (Å²) >= 11 is 0. The first-order valence-corrected chi connectivity index (χ1v) is 5.51. The number of benzene rings is 1. The molecular weight excluding hydrogens is 267 g/mol. The molecule has 0 fully saturated rings. The van der Waals surface area contributed by atoms with Crippen LogP contribution < -0.4 is 4.74 Å². The van der Waals surface area contributed by atoms with E-state index >= 15 is 0 Å². The lowest BCUT2D eigenvalue weighted by molar-refractivity contribution is 0.0692. The Morgan fingerprint density at radius 3 is 2.90 bits per heavy atom. The molecule has 7 heteroatoms. The van der Waals surface area contributed by atoms with Gasteiger partial charge in [-0.1, -0.05) is 0 Å². The van der Waals surface area contributed by atoms with Crippen molar-refractivity contribution in [3.8, 4) is 5.75 Å². The number of aromatic carboxylic acids is 1. The number of carbonyl (C=O) groups excluding carboxylic acids is 1. The van der Waals surface area contributed by atoms with Gasteiger partial charge in [-0.3, -0.25) is 4.79 Å². The van der Waals surface area contributed by atoms with E-state index in [9.17, 15) is 14.0 Å². The molecule has 0 radical (unpaired) electrons. The standard InChI is InChI=1S/C13H9FN2O4/c14-10-3-8(5-17)1-2-12(10)20-6-11-9(13(18)19)4-15-7-16-11/h1-5,7H,6H2,(H,18,19). The molecule has 0 aliphatic rings. The molecule has 1 heterocycles. The third kappa shape index (κ3) is 2.94. The molecule has 0 bridgehead atoms. The highest BCUT2D eigenvalue weighted by Gasteiger charge is 2.13. The zero-order chi connectivity index (χ0) is 14.5. The van der Waals surface area contributed by atoms with Gasteiger partial charge in [-0.25, -0.2) is 19.2 Å². The van der Waals surface area contributed by atoms with Crippen molar-refractivity contribution in [1.82, 2.24) is 9.97 Å². The Balaban J connectivity index is 2.17. The maximum Gasteiger partial charge on any atom is 0.339 e. The SMILES string of the molecule is O=Cc1ccc(OCc2ncncc2C(=O)O)c(F)c1. The van der Waals surface area contributed by atoms with Gasteiger partial charge in [0.05, 0.1) is 5.69 Å². The lowest BCUT2D eigenvalue weighted by Crippen LogP contribution is -2.09. The average Bonchev–Trinajstić information content (AvgIpc) is 2.46. The molecule has 1 N–H and O–H groups in total. The summed E-state index contributed by atoms with van der Waals surface area (Å²) in [7, 11) is 0. The summed E-state index contributed by atoms with van der Waals surface area (Å²) in [5.41, 5.74) is 0.201. The molecule has 102 valence electrons. The molecular formula is C13H9FN2O4. The fourth-order valence-corrected chi connectivity index (χ4v) is 1.50. The number of rotatable bonds is 5. The molecule has 0 aliphatic heterocycles. The Bertz CT molecular complexity index is 661. The van der Waals surface area contributed by atoms with Crippen molar-refractivity contribution in [3.05, 3.63) is 53.4 Å². The first kappa shape index (κ1) is 13.6. The number of ether oxygens (including phenoxy) is 1. The maximum atomic E-state index is 13.6. The van der Waals surface area contributed by atoms with Crippen molar-refractivity contribution < 1.29 is 23.8 Å². The average molecular weight is 276 g/mol. The number of aldehydes is 1. The predicted molar refractivity (Wildman–Crippen MR) is 65.1 cm³/mol. The van der Waals surface area contributed by atoms with Crippen molar-refractivity contribution in [2.45, 2.75) is 6.61 Å². The summed E-state index contributed by atoms with van der Waals surface area (Å²) < 4.78 is 18.7. The van der Waals surface area contributed by atoms with E-state index in [0.29, 0.717) is 6.29 Å². The first-order valence-electron chi connectivity index (χ1n) is 5.51. The van der Waals surface area contributed by atoms with E-state index in [2.05, 4.69) is 9.97 Å². The molecule has 0 unspecified atom stereocenters. The van der Waals surface area contributed by atoms with Crippen molar-refractivity contribution in [2.75, 3.05) is 0 Å². The van der Waals surface area contributed by atoms with Crippen molar-refractivity contribution in [2.24, 2.45) is 0 Å². The first-order chi connectivity index (χ1) is 9.61. The van der Waals surface area contributed by atoms with Crippen LogP contribution in [-0.4, -0.2) is 27.3 Å². The number of hydrogen-bond acceptors (Lipinski definition) is 5. The number of halogens is 1. The van der Waals surface area contributed by atoms with Gasteiger partial charge in [0.1, 0.15) is 24.8 Å². The van der Waals surface area contributed by atoms with E-state index in [-0.39, 0.29) is 29.2 Å². The van der Waals surface area contributed by atoms with Crippen LogP contribution in [0.3, 0.4) is 0 Å². The Morgan fingerprint density at radius 2 is 2.25 bits per heavy atom. The van der Waals surface area contributed by atoms with Crippen LogP contribution in [0.15, 0.2) is 30.7 Å². The van der Waals surface area contributed by atoms with E-state index in [0.717, 1.165) is 12.3 Å². The minimum Gasteiger partial charge on any atom is -0.484 e. The molecule has 0 saturated carbocycles. The zero-order valence-electron chi connectivity index (χ0n) is 10.1. The van der Waals surface area contributed by atoms with Gasteiger partial charge in [-0.2, -0.15) is 0 Å². The Hall–Kier alpha value is -2.83. The molecule has 1 aromatic carbocycles. The third-order valence-corrected chi connectivity index (χ3v) is 2.48. The third-order valence-electron chi connectivity index (χ3n) is 2.48. The second-order valence-electron chi connectivity index (χ2n) is 3.78. The van der Waals surface area contributed by atoms with Gasteiger partial charge in [-0.15, -0.1) is 0 Å². The van der Waals surface area contributed by atoms with Crippen molar-refractivity contribution >= 4 is 12.3 Å². The molecule has 1 aromatic heterocycles. The minimum atomic E-state index is -1.19. The van der Waals surface area contributed by atoms with Crippen LogP contribution in [0.4, 0.5) is 4.39 Å². The fraction of sp³-hybridized carbons (Fsp3) is 0.0769. The molecule has 2 aromatic rings. The number of hydrogen-bond donors (Lipinski definition) is 1. The quantitative estimate of drug-likeness (QED) is 0.836. The van der Waals surface area contributed by atoms with Crippen molar-refractivity contribution in [3.63, 3.8) is 0 Å². The highest BCUT2D eigenvalue weighted by atomic mass is 19.1. The van der Waals surface area contributed by atoms with Crippen LogP contribution in [0.5, 0.6) is 5.75 Å². The Labute approximate surface area is 112 Å². The Morgan fingerprint density at radius 1 is 1.45 bits per heavy atom. The summed E-state index contributed by atoms with van der Waals surface area (Å²) in [5.74, 6) is -1.99. The molecule has 2 rings (SSSR count). The van der Waals surface area contributed by atoms with Crippen LogP contribution in [0.2, 0.25) is 0 Å². The lowest BCUT2D eigenvalue weighted by Gasteiger charge is -2.08. The number of aromatic nitrogens is 2. The van der Waals surface area contributed by atoms with Gasteiger partial charge >= 0.3 is 5.97 Å². The normalized spacial score (nSPS) is 10.1. The Kier molecular flexibility index (Phi) is 3.99. The van der Waals surface area contributed by atoms with E-state index in [4.69, 9.17) is 9.84 Å². The number of carboxylic acids is 1. The van der Waals surface area contributed by atoms with Gasteiger partial charge in [0.2, 0.25) is 0 Å². The van der Waals surface area contributed by atoms with Crippen LogP contribution >= 0.6 is 0 Å². The van der Waals surface area contributed by atoms with Gasteiger partial charge in [-0.05, 0) is 18.2 Å². The molecule has 20 heavy (non-hydrogen) atoms. The molecule has 0 spiro atoms. The van der Waals surface area contributed by atoms with E-state index in [1.54, 1.807) is 0 Å². The highest BCUT2D eigenvalue weighted by Crippen LogP contribution is 2.19. The number of carbonyl (C=O) groups is 2. The van der Waals surface area contributed by atoms with Crippen LogP contribution in [-0.2, 0) is 6.61 Å². The van der Waals surface area contributed by atoms with Crippen molar-refractivity contribution in [1.29, 1.82) is 0 Å². The molecule has 0 atom stereocenters. The summed E-state index contributed by atoms with van der Waals surface area (Å²) in [6, 6.07) is 3.71. The molecule has 0 saturated heterocycles. The van der Waals surface area contributed by atoms with Gasteiger partial charge in [0.15, 0.2) is 11.6 Å². The van der Waals surface area contributed by atoms with E-state index in [1.807, 2.05) is 0 Å². The summed E-state index contributed by atoms with van der Waals surface area (Å²) in [6.07, 6.45) is 2.83. The van der Waals surface area contributed by atoms with E-state index in [1.165, 1.54) is 18.5 Å². The topological polar surface area (TPSA) is 89.4 Å². The van der Waals surface area contributed by atoms with Gasteiger partial charge in [0.25, 0.3) is 0 Å². The maximum absolute atomic E-state index is 13.6. The van der Waals surface area contributed by atoms with Gasteiger partial charge in [0, 0.05) is 11.8 Å². The number of nitrogens with zero attached hydrogens (tertiary/aromatic N) is 2. The summed E-state index contributed by atoms with van der Waals surface area (Å²) in [4.78, 5) is 28.8. The highest BCUT2D eigenvalue weighted by molar-refractivity contribution is 5.88. The molecule has 0 amide bonds. The van der Waals surface area contributed by atoms with Crippen LogP contribution in [0, 0.1) is 5.82 Å². The molecule has 6 nitrogen and oxygen atoms in total. The predicted octanol–water partition coefficient (Wildman–Crippen LogP) is 1.71. The van der Waals surface area contributed by atoms with Gasteiger partial charge < -0.3 is 9.84 Å². The monoisotopic (exact) mass is 276 g/mol. The van der Waals surface area contributed by atoms with Crippen LogP contribution in [0.25, 0.3) is 0 Å². The minimum absolute atomic E-state index is 0.0921. The summed E-state index contributed by atoms with van der Waals surface area (Å²) in [5, 5.41) is 8.94. The van der Waals surface area contributed by atoms with E-state index < -0.39 is 11.8 Å². The van der Waals surface area contributed by atoms with Crippen LogP contribution in [0.1, 0.15) is 26.4 Å². The smallest absolute Gasteiger partial charge is 0.339 e. The zero-order valence-corrected chi connectivity index (χ0v) is 10.1. The second-order valence-corrected chi connectivity index (χ2v) is 3.78. The summed E-state index contributed by atoms with van der Waals surface area (Å²) in [6.45, 7) is -0.221. The fourth-order valence-electron chi connectivity index (χ4n) is 1.50. The number of carboxylic acid groups (broad SMARTS) is 1. The second kappa shape index (κ2) is 5.87. The lowest BCUT2D eigenvalue weighted by atomic mass is 10.2. The largest absolute Gasteiger partial charge is 0.484 e. The molecule has 0 aliphatic carbocycles.